The lowest BCUT2D eigenvalue weighted by molar-refractivity contribution is -0.140. The fraction of sp³-hybridized carbons (Fsp3) is 0.182. The molecule has 0 atom stereocenters. The molecule has 3 aromatic carbocycles. The molecule has 29 heavy (non-hydrogen) atoms. The molecule has 0 bridgehead atoms. The number of hydrogen-bond donors (Lipinski definition) is 0. The van der Waals surface area contributed by atoms with E-state index in [0.29, 0.717) is 16.0 Å². The average molecular weight is 427 g/mol. The SMILES string of the molecule is Cc1ccc([S+](c2ccccc2)c2ccc(C)cc2C(F)(F)F)c(C(F)(F)F)c1. The van der Waals surface area contributed by atoms with Crippen LogP contribution in [0.4, 0.5) is 26.3 Å². The molecule has 0 amide bonds. The molecule has 0 aromatic heterocycles. The molecule has 3 rings (SSSR count). The van der Waals surface area contributed by atoms with Gasteiger partial charge in [0.05, 0.1) is 0 Å². The van der Waals surface area contributed by atoms with E-state index in [1.165, 1.54) is 38.1 Å². The van der Waals surface area contributed by atoms with Crippen LogP contribution in [-0.4, -0.2) is 0 Å². The van der Waals surface area contributed by atoms with Gasteiger partial charge in [0.1, 0.15) is 22.0 Å². The minimum Gasteiger partial charge on any atom is -0.166 e. The first-order valence-corrected chi connectivity index (χ1v) is 9.86. The summed E-state index contributed by atoms with van der Waals surface area (Å²) in [7, 11) is -1.59. The molecule has 0 fully saturated rings. The van der Waals surface area contributed by atoms with Crippen molar-refractivity contribution in [2.45, 2.75) is 40.9 Å². The minimum atomic E-state index is -4.69. The maximum atomic E-state index is 13.8. The zero-order chi connectivity index (χ0) is 21.4. The quantitative estimate of drug-likeness (QED) is 0.301. The standard InChI is InChI=1S/C22H17F6S/c1-14-8-10-19(17(12-14)21(23,24)25)29(16-6-4-3-5-7-16)20-11-9-15(2)13-18(20)22(26,27)28/h3-13H,1-2H3/q+1. The fourth-order valence-corrected chi connectivity index (χ4v) is 5.39. The summed E-state index contributed by atoms with van der Waals surface area (Å²) in [6, 6.07) is 15.5. The van der Waals surface area contributed by atoms with Crippen LogP contribution in [0.3, 0.4) is 0 Å². The Morgan fingerprint density at radius 1 is 0.586 bits per heavy atom. The number of alkyl halides is 6. The first kappa shape index (κ1) is 21.3. The molecule has 0 nitrogen and oxygen atoms in total. The minimum absolute atomic E-state index is 0.177. The number of rotatable bonds is 3. The average Bonchev–Trinajstić information content (AvgIpc) is 2.63. The van der Waals surface area contributed by atoms with Gasteiger partial charge >= 0.3 is 12.4 Å². The van der Waals surface area contributed by atoms with Crippen LogP contribution in [0.2, 0.25) is 0 Å². The third kappa shape index (κ3) is 4.61. The molecule has 152 valence electrons. The van der Waals surface area contributed by atoms with Gasteiger partial charge in [0.2, 0.25) is 0 Å². The molecule has 0 aliphatic rings. The molecule has 0 saturated heterocycles. The topological polar surface area (TPSA) is 0 Å². The normalized spacial score (nSPS) is 12.4. The van der Waals surface area contributed by atoms with E-state index in [1.54, 1.807) is 30.3 Å². The van der Waals surface area contributed by atoms with Crippen molar-refractivity contribution in [1.82, 2.24) is 0 Å². The monoisotopic (exact) mass is 427 g/mol. The van der Waals surface area contributed by atoms with Crippen molar-refractivity contribution in [1.29, 1.82) is 0 Å². The van der Waals surface area contributed by atoms with Crippen LogP contribution in [0.1, 0.15) is 22.3 Å². The Morgan fingerprint density at radius 2 is 1.00 bits per heavy atom. The van der Waals surface area contributed by atoms with Crippen molar-refractivity contribution in [2.75, 3.05) is 0 Å². The maximum Gasteiger partial charge on any atom is 0.421 e. The Labute approximate surface area is 167 Å². The van der Waals surface area contributed by atoms with E-state index < -0.39 is 34.4 Å². The summed E-state index contributed by atoms with van der Waals surface area (Å²) in [5, 5.41) is 0. The largest absolute Gasteiger partial charge is 0.421 e. The van der Waals surface area contributed by atoms with Crippen LogP contribution in [0, 0.1) is 13.8 Å². The lowest BCUT2D eigenvalue weighted by Crippen LogP contribution is -2.18. The smallest absolute Gasteiger partial charge is 0.166 e. The zero-order valence-electron chi connectivity index (χ0n) is 15.5. The lowest BCUT2D eigenvalue weighted by Gasteiger charge is -2.18. The van der Waals surface area contributed by atoms with Crippen LogP contribution in [0.15, 0.2) is 81.4 Å². The molecular formula is C22H17F6S+. The Morgan fingerprint density at radius 3 is 1.38 bits per heavy atom. The van der Waals surface area contributed by atoms with Gasteiger partial charge in [-0.1, -0.05) is 41.5 Å². The van der Waals surface area contributed by atoms with Gasteiger partial charge in [-0.15, -0.1) is 0 Å². The van der Waals surface area contributed by atoms with Gasteiger partial charge in [0, 0.05) is 0 Å². The molecule has 0 radical (unpaired) electrons. The molecule has 0 N–H and O–H groups in total. The van der Waals surface area contributed by atoms with E-state index in [2.05, 4.69) is 0 Å². The fourth-order valence-electron chi connectivity index (χ4n) is 3.02. The lowest BCUT2D eigenvalue weighted by atomic mass is 10.1. The predicted octanol–water partition coefficient (Wildman–Crippen LogP) is 7.44. The van der Waals surface area contributed by atoms with Crippen molar-refractivity contribution < 1.29 is 26.3 Å². The highest BCUT2D eigenvalue weighted by atomic mass is 32.2. The third-order valence-corrected chi connectivity index (χ3v) is 6.63. The van der Waals surface area contributed by atoms with E-state index in [4.69, 9.17) is 0 Å². The number of aryl methyl sites for hydroxylation is 2. The number of hydrogen-bond acceptors (Lipinski definition) is 0. The summed E-state index contributed by atoms with van der Waals surface area (Å²) in [6.07, 6.45) is -9.38. The first-order valence-electron chi connectivity index (χ1n) is 8.63. The second-order valence-corrected chi connectivity index (χ2v) is 8.58. The molecule has 0 unspecified atom stereocenters. The van der Waals surface area contributed by atoms with E-state index >= 15 is 0 Å². The number of benzene rings is 3. The Hall–Kier alpha value is -2.41. The zero-order valence-corrected chi connectivity index (χ0v) is 16.3. The summed E-state index contributed by atoms with van der Waals surface area (Å²) in [6.45, 7) is 3.04. The van der Waals surface area contributed by atoms with E-state index in [1.807, 2.05) is 0 Å². The first-order chi connectivity index (χ1) is 13.5. The summed E-state index contributed by atoms with van der Waals surface area (Å²) >= 11 is 0. The Balaban J connectivity index is 2.37. The van der Waals surface area contributed by atoms with Crippen molar-refractivity contribution >= 4 is 10.9 Å². The molecule has 7 heteroatoms. The van der Waals surface area contributed by atoms with Gasteiger partial charge in [0.15, 0.2) is 14.7 Å². The van der Waals surface area contributed by atoms with E-state index in [9.17, 15) is 26.3 Å². The molecule has 0 aliphatic heterocycles. The van der Waals surface area contributed by atoms with Crippen molar-refractivity contribution in [3.8, 4) is 0 Å². The second kappa shape index (κ2) is 7.78. The highest BCUT2D eigenvalue weighted by Crippen LogP contribution is 2.44. The van der Waals surface area contributed by atoms with Gasteiger partial charge in [-0.3, -0.25) is 0 Å². The van der Waals surface area contributed by atoms with E-state index in [0.717, 1.165) is 12.1 Å². The van der Waals surface area contributed by atoms with Crippen molar-refractivity contribution in [2.24, 2.45) is 0 Å². The maximum absolute atomic E-state index is 13.8. The third-order valence-electron chi connectivity index (χ3n) is 4.30. The number of halogens is 6. The highest BCUT2D eigenvalue weighted by molar-refractivity contribution is 7.97. The summed E-state index contributed by atoms with van der Waals surface area (Å²) in [5.74, 6) is 0. The van der Waals surface area contributed by atoms with Crippen LogP contribution >= 0.6 is 0 Å². The van der Waals surface area contributed by atoms with Crippen LogP contribution in [-0.2, 0) is 23.2 Å². The van der Waals surface area contributed by atoms with Crippen molar-refractivity contribution in [3.63, 3.8) is 0 Å². The molecule has 0 spiro atoms. The summed E-state index contributed by atoms with van der Waals surface area (Å²) in [4.78, 5) is 0.0310. The van der Waals surface area contributed by atoms with Crippen LogP contribution < -0.4 is 0 Å². The van der Waals surface area contributed by atoms with Gasteiger partial charge in [-0.25, -0.2) is 0 Å². The van der Waals surface area contributed by atoms with Crippen molar-refractivity contribution in [3.05, 3.63) is 89.0 Å². The van der Waals surface area contributed by atoms with Gasteiger partial charge in [-0.05, 0) is 50.2 Å². The molecular weight excluding hydrogens is 410 g/mol. The van der Waals surface area contributed by atoms with Gasteiger partial charge in [0.25, 0.3) is 0 Å². The molecule has 3 aromatic rings. The highest BCUT2D eigenvalue weighted by Gasteiger charge is 2.46. The van der Waals surface area contributed by atoms with Crippen LogP contribution in [0.5, 0.6) is 0 Å². The summed E-state index contributed by atoms with van der Waals surface area (Å²) in [5.41, 5.74) is -1.06. The Bertz CT molecular complexity index is 943. The predicted molar refractivity (Wildman–Crippen MR) is 101 cm³/mol. The summed E-state index contributed by atoms with van der Waals surface area (Å²) < 4.78 is 82.8. The Kier molecular flexibility index (Phi) is 5.72. The second-order valence-electron chi connectivity index (χ2n) is 6.61. The van der Waals surface area contributed by atoms with E-state index in [-0.39, 0.29) is 9.79 Å². The van der Waals surface area contributed by atoms with Gasteiger partial charge in [-0.2, -0.15) is 26.3 Å². The molecule has 0 saturated carbocycles. The van der Waals surface area contributed by atoms with Gasteiger partial charge < -0.3 is 0 Å². The molecule has 0 heterocycles. The van der Waals surface area contributed by atoms with Crippen LogP contribution in [0.25, 0.3) is 0 Å². The molecule has 0 aliphatic carbocycles.